The quantitative estimate of drug-likeness (QED) is 0.559. The first-order valence-electron chi connectivity index (χ1n) is 2.82. The zero-order chi connectivity index (χ0) is 6.91. The minimum Gasteiger partial charge on any atom is -0.207 e. The molecule has 0 aromatic rings. The van der Waals surface area contributed by atoms with Crippen molar-refractivity contribution in [3.63, 3.8) is 0 Å². The lowest BCUT2D eigenvalue weighted by atomic mass is 10.0. The first-order valence-corrected chi connectivity index (χ1v) is 3.62. The molecule has 0 unspecified atom stereocenters. The van der Waals surface area contributed by atoms with Gasteiger partial charge in [0.1, 0.15) is 0 Å². The van der Waals surface area contributed by atoms with Gasteiger partial charge in [0.2, 0.25) is 0 Å². The molecule has 0 heterocycles. The predicted molar refractivity (Wildman–Crippen MR) is 35.8 cm³/mol. The van der Waals surface area contributed by atoms with Crippen molar-refractivity contribution in [2.45, 2.75) is 25.2 Å². The zero-order valence-electron chi connectivity index (χ0n) is 4.83. The molecule has 0 saturated carbocycles. The molecule has 1 rings (SSSR count). The van der Waals surface area contributed by atoms with Crippen LogP contribution in [0.2, 0.25) is 0 Å². The minimum absolute atomic E-state index is 0.00984. The average molecular weight is 197 g/mol. The number of hydrogen-bond acceptors (Lipinski definition) is 0. The van der Waals surface area contributed by atoms with Gasteiger partial charge in [-0.3, -0.25) is 0 Å². The molecule has 52 valence electrons. The third-order valence-electron chi connectivity index (χ3n) is 1.35. The summed E-state index contributed by atoms with van der Waals surface area (Å²) in [5, 5.41) is 0. The molecular formula is C6H7BrF2. The lowest BCUT2D eigenvalue weighted by molar-refractivity contribution is -0.00755. The third kappa shape index (κ3) is 2.05. The monoisotopic (exact) mass is 196 g/mol. The van der Waals surface area contributed by atoms with E-state index in [0.717, 1.165) is 4.48 Å². The highest BCUT2D eigenvalue weighted by molar-refractivity contribution is 9.11. The van der Waals surface area contributed by atoms with Crippen molar-refractivity contribution < 1.29 is 8.78 Å². The molecule has 0 radical (unpaired) electrons. The van der Waals surface area contributed by atoms with E-state index in [1.165, 1.54) is 0 Å². The van der Waals surface area contributed by atoms with Crippen molar-refractivity contribution in [2.24, 2.45) is 0 Å². The summed E-state index contributed by atoms with van der Waals surface area (Å²) >= 11 is 3.17. The van der Waals surface area contributed by atoms with Crippen LogP contribution in [-0.4, -0.2) is 5.92 Å². The van der Waals surface area contributed by atoms with E-state index < -0.39 is 5.92 Å². The Morgan fingerprint density at radius 1 is 1.56 bits per heavy atom. The fourth-order valence-electron chi connectivity index (χ4n) is 0.766. The molecule has 0 bridgehead atoms. The van der Waals surface area contributed by atoms with E-state index in [2.05, 4.69) is 15.9 Å². The molecule has 9 heavy (non-hydrogen) atoms. The van der Waals surface area contributed by atoms with Gasteiger partial charge in [-0.2, -0.15) is 0 Å². The average Bonchev–Trinajstić information content (AvgIpc) is 1.78. The number of hydrogen-bond donors (Lipinski definition) is 0. The fraction of sp³-hybridized carbons (Fsp3) is 0.667. The van der Waals surface area contributed by atoms with Gasteiger partial charge in [-0.15, -0.1) is 0 Å². The Hall–Kier alpha value is 0.0800. The Morgan fingerprint density at radius 3 is 2.56 bits per heavy atom. The second-order valence-electron chi connectivity index (χ2n) is 2.21. The molecule has 0 atom stereocenters. The Labute approximate surface area is 61.1 Å². The number of alkyl halides is 2. The summed E-state index contributed by atoms with van der Waals surface area (Å²) in [6, 6.07) is 0. The first kappa shape index (κ1) is 7.19. The van der Waals surface area contributed by atoms with Crippen LogP contribution in [0, 0.1) is 0 Å². The van der Waals surface area contributed by atoms with Gasteiger partial charge in [0.25, 0.3) is 5.92 Å². The molecule has 0 aromatic heterocycles. The highest BCUT2D eigenvalue weighted by atomic mass is 79.9. The molecule has 0 amide bonds. The summed E-state index contributed by atoms with van der Waals surface area (Å²) in [5.41, 5.74) is 0. The Kier molecular flexibility index (Phi) is 1.89. The largest absolute Gasteiger partial charge is 0.251 e. The zero-order valence-corrected chi connectivity index (χ0v) is 6.42. The van der Waals surface area contributed by atoms with E-state index in [4.69, 9.17) is 0 Å². The molecule has 0 fully saturated rings. The molecule has 0 spiro atoms. The van der Waals surface area contributed by atoms with Crippen LogP contribution in [0.5, 0.6) is 0 Å². The van der Waals surface area contributed by atoms with Gasteiger partial charge in [0, 0.05) is 12.8 Å². The molecule has 1 aliphatic rings. The second-order valence-corrected chi connectivity index (χ2v) is 3.23. The van der Waals surface area contributed by atoms with Crippen LogP contribution in [0.4, 0.5) is 8.78 Å². The lowest BCUT2D eigenvalue weighted by Crippen LogP contribution is -2.17. The Morgan fingerprint density at radius 2 is 2.22 bits per heavy atom. The maximum Gasteiger partial charge on any atom is 0.251 e. The highest BCUT2D eigenvalue weighted by Crippen LogP contribution is 2.33. The van der Waals surface area contributed by atoms with E-state index in [-0.39, 0.29) is 12.8 Å². The minimum atomic E-state index is -2.45. The molecule has 0 nitrogen and oxygen atoms in total. The maximum absolute atomic E-state index is 12.3. The van der Waals surface area contributed by atoms with E-state index in [1.807, 2.05) is 0 Å². The van der Waals surface area contributed by atoms with Crippen LogP contribution in [0.15, 0.2) is 10.6 Å². The van der Waals surface area contributed by atoms with Gasteiger partial charge in [0.05, 0.1) is 0 Å². The van der Waals surface area contributed by atoms with Crippen molar-refractivity contribution in [3.8, 4) is 0 Å². The second kappa shape index (κ2) is 2.37. The van der Waals surface area contributed by atoms with E-state index >= 15 is 0 Å². The van der Waals surface area contributed by atoms with Gasteiger partial charge >= 0.3 is 0 Å². The van der Waals surface area contributed by atoms with Crippen molar-refractivity contribution in [2.75, 3.05) is 0 Å². The van der Waals surface area contributed by atoms with Crippen molar-refractivity contribution in [3.05, 3.63) is 10.6 Å². The van der Waals surface area contributed by atoms with Gasteiger partial charge < -0.3 is 0 Å². The standard InChI is InChI=1S/C6H7BrF2/c7-5-1-3-6(8,9)4-2-5/h1H,2-4H2. The first-order chi connectivity index (χ1) is 4.10. The number of halogens is 3. The molecule has 0 saturated heterocycles. The summed E-state index contributed by atoms with van der Waals surface area (Å²) in [4.78, 5) is 0. The lowest BCUT2D eigenvalue weighted by Gasteiger charge is -2.18. The number of allylic oxidation sites excluding steroid dienone is 2. The van der Waals surface area contributed by atoms with Crippen LogP contribution in [0.3, 0.4) is 0 Å². The van der Waals surface area contributed by atoms with E-state index in [0.29, 0.717) is 6.42 Å². The summed E-state index contributed by atoms with van der Waals surface area (Å²) in [6.07, 6.45) is 1.91. The van der Waals surface area contributed by atoms with Crippen LogP contribution >= 0.6 is 15.9 Å². The SMILES string of the molecule is FC1(F)CC=C(Br)CC1. The normalized spacial score (nSPS) is 25.4. The summed E-state index contributed by atoms with van der Waals surface area (Å²) < 4.78 is 25.5. The van der Waals surface area contributed by atoms with Crippen molar-refractivity contribution in [1.82, 2.24) is 0 Å². The maximum atomic E-state index is 12.3. The highest BCUT2D eigenvalue weighted by Gasteiger charge is 2.29. The van der Waals surface area contributed by atoms with Crippen molar-refractivity contribution in [1.29, 1.82) is 0 Å². The van der Waals surface area contributed by atoms with Gasteiger partial charge in [-0.05, 0) is 10.9 Å². The topological polar surface area (TPSA) is 0 Å². The van der Waals surface area contributed by atoms with Crippen LogP contribution < -0.4 is 0 Å². The van der Waals surface area contributed by atoms with Gasteiger partial charge in [0.15, 0.2) is 0 Å². The van der Waals surface area contributed by atoms with Crippen LogP contribution in [-0.2, 0) is 0 Å². The molecule has 0 aromatic carbocycles. The summed E-state index contributed by atoms with van der Waals surface area (Å²) in [5.74, 6) is -2.45. The van der Waals surface area contributed by atoms with E-state index in [9.17, 15) is 8.78 Å². The molecule has 3 heteroatoms. The predicted octanol–water partition coefficient (Wildman–Crippen LogP) is 3.08. The van der Waals surface area contributed by atoms with Gasteiger partial charge in [-0.1, -0.05) is 22.0 Å². The third-order valence-corrected chi connectivity index (χ3v) is 2.07. The molecule has 1 aliphatic carbocycles. The molecule has 0 N–H and O–H groups in total. The van der Waals surface area contributed by atoms with Crippen LogP contribution in [0.1, 0.15) is 19.3 Å². The summed E-state index contributed by atoms with van der Waals surface area (Å²) in [7, 11) is 0. The summed E-state index contributed by atoms with van der Waals surface area (Å²) in [6.45, 7) is 0. The number of rotatable bonds is 0. The van der Waals surface area contributed by atoms with Crippen LogP contribution in [0.25, 0.3) is 0 Å². The fourth-order valence-corrected chi connectivity index (χ4v) is 1.13. The molecular weight excluding hydrogens is 190 g/mol. The molecule has 0 aliphatic heterocycles. The van der Waals surface area contributed by atoms with E-state index in [1.54, 1.807) is 6.08 Å². The smallest absolute Gasteiger partial charge is 0.207 e. The Balaban J connectivity index is 2.56. The van der Waals surface area contributed by atoms with Crippen molar-refractivity contribution >= 4 is 15.9 Å². The Bertz CT molecular complexity index is 140. The van der Waals surface area contributed by atoms with Gasteiger partial charge in [-0.25, -0.2) is 8.78 Å².